The summed E-state index contributed by atoms with van der Waals surface area (Å²) in [7, 11) is 0. The van der Waals surface area contributed by atoms with Crippen molar-refractivity contribution in [2.75, 3.05) is 0 Å². The second kappa shape index (κ2) is 3.83. The Morgan fingerprint density at radius 1 is 0.600 bits per heavy atom. The molecule has 122 valence electrons. The number of fused-ring (bicyclic) bond motifs is 3. The molecule has 1 aliphatic heterocycles. The van der Waals surface area contributed by atoms with Crippen LogP contribution in [0.3, 0.4) is 0 Å². The largest absolute Gasteiger partial charge is 0.309 e. The van der Waals surface area contributed by atoms with Gasteiger partial charge < -0.3 is 4.57 Å². The van der Waals surface area contributed by atoms with E-state index in [1.165, 1.54) is 49.7 Å². The Balaban J connectivity index is 1.98. The maximum Gasteiger partial charge on any atom is 0.0585 e. The monoisotopic (exact) mass is 323 g/mol. The predicted molar refractivity (Wildman–Crippen MR) is 105 cm³/mol. The molecule has 0 unspecified atom stereocenters. The highest BCUT2D eigenvalue weighted by Gasteiger charge is 2.41. The van der Waals surface area contributed by atoms with Gasteiger partial charge in [-0.15, -0.1) is 0 Å². The first-order valence-electron chi connectivity index (χ1n) is 9.15. The van der Waals surface area contributed by atoms with Gasteiger partial charge in [0.1, 0.15) is 0 Å². The van der Waals surface area contributed by atoms with Crippen LogP contribution >= 0.6 is 0 Å². The van der Waals surface area contributed by atoms with E-state index in [0.29, 0.717) is 0 Å². The van der Waals surface area contributed by atoms with E-state index in [1.54, 1.807) is 0 Å². The van der Waals surface area contributed by atoms with E-state index in [0.717, 1.165) is 0 Å². The van der Waals surface area contributed by atoms with Gasteiger partial charge in [-0.25, -0.2) is 0 Å². The third-order valence-corrected chi connectivity index (χ3v) is 6.77. The van der Waals surface area contributed by atoms with Crippen LogP contribution in [0.5, 0.6) is 0 Å². The van der Waals surface area contributed by atoms with Crippen LogP contribution in [0.25, 0.3) is 27.5 Å². The molecule has 0 N–H and O–H groups in total. The molecule has 0 saturated carbocycles. The SMILES string of the molecule is CC1(C)c2cccc3c2c2c1ccc1c2n3-c2ccccc2C1(C)C. The Hall–Kier alpha value is -2.54. The maximum atomic E-state index is 2.52. The lowest BCUT2D eigenvalue weighted by atomic mass is 9.73. The van der Waals surface area contributed by atoms with Crippen molar-refractivity contribution in [1.82, 2.24) is 4.57 Å². The molecule has 2 aliphatic rings. The van der Waals surface area contributed by atoms with E-state index in [4.69, 9.17) is 0 Å². The minimum Gasteiger partial charge on any atom is -0.309 e. The number of aromatic nitrogens is 1. The highest BCUT2D eigenvalue weighted by molar-refractivity contribution is 6.18. The van der Waals surface area contributed by atoms with Crippen molar-refractivity contribution in [3.63, 3.8) is 0 Å². The standard InChI is InChI=1S/C24H21N/c1-23(2)14-8-5-6-10-18(14)25-19-11-7-9-15-20(19)21-16(24(15,3)4)12-13-17(23)22(21)25/h5-13H,1-4H3. The fourth-order valence-corrected chi connectivity index (χ4v) is 5.47. The summed E-state index contributed by atoms with van der Waals surface area (Å²) in [6.07, 6.45) is 0. The van der Waals surface area contributed by atoms with Gasteiger partial charge in [0, 0.05) is 21.6 Å². The fraction of sp³-hybridized carbons (Fsp3) is 0.250. The van der Waals surface area contributed by atoms with Crippen LogP contribution < -0.4 is 0 Å². The van der Waals surface area contributed by atoms with Gasteiger partial charge in [0.2, 0.25) is 0 Å². The first kappa shape index (κ1) is 13.7. The number of benzene rings is 3. The number of hydrogen-bond acceptors (Lipinski definition) is 0. The van der Waals surface area contributed by atoms with Crippen LogP contribution in [-0.4, -0.2) is 4.57 Å². The molecule has 4 aromatic rings. The van der Waals surface area contributed by atoms with Gasteiger partial charge in [-0.3, -0.25) is 0 Å². The predicted octanol–water partition coefficient (Wildman–Crippen LogP) is 6.06. The molecule has 1 nitrogen and oxygen atoms in total. The summed E-state index contributed by atoms with van der Waals surface area (Å²) in [5.74, 6) is 0. The second-order valence-electron chi connectivity index (χ2n) is 8.69. The molecule has 2 heterocycles. The molecule has 0 atom stereocenters. The maximum absolute atomic E-state index is 2.52. The highest BCUT2D eigenvalue weighted by Crippen LogP contribution is 2.55. The van der Waals surface area contributed by atoms with Gasteiger partial charge >= 0.3 is 0 Å². The lowest BCUT2D eigenvalue weighted by Crippen LogP contribution is -2.27. The van der Waals surface area contributed by atoms with Crippen LogP contribution in [0.15, 0.2) is 54.6 Å². The number of para-hydroxylation sites is 1. The summed E-state index contributed by atoms with van der Waals surface area (Å²) in [6.45, 7) is 9.47. The third-order valence-electron chi connectivity index (χ3n) is 6.77. The van der Waals surface area contributed by atoms with Crippen molar-refractivity contribution < 1.29 is 0 Å². The average Bonchev–Trinajstić information content (AvgIpc) is 3.06. The third kappa shape index (κ3) is 1.29. The van der Waals surface area contributed by atoms with Crippen LogP contribution in [0.2, 0.25) is 0 Å². The highest BCUT2D eigenvalue weighted by atomic mass is 15.0. The van der Waals surface area contributed by atoms with Crippen LogP contribution in [-0.2, 0) is 10.8 Å². The van der Waals surface area contributed by atoms with Crippen molar-refractivity contribution in [3.8, 4) is 5.69 Å². The molecule has 0 bridgehead atoms. The minimum atomic E-state index is 0.0202. The van der Waals surface area contributed by atoms with Crippen molar-refractivity contribution in [3.05, 3.63) is 76.9 Å². The Kier molecular flexibility index (Phi) is 2.10. The summed E-state index contributed by atoms with van der Waals surface area (Å²) in [4.78, 5) is 0. The molecule has 1 aromatic heterocycles. The topological polar surface area (TPSA) is 4.93 Å². The molecule has 3 aromatic carbocycles. The zero-order valence-electron chi connectivity index (χ0n) is 15.1. The molecule has 1 aliphatic carbocycles. The van der Waals surface area contributed by atoms with E-state index in [1.807, 2.05) is 0 Å². The molecule has 0 fully saturated rings. The molecular formula is C24H21N. The second-order valence-corrected chi connectivity index (χ2v) is 8.69. The van der Waals surface area contributed by atoms with E-state index in [2.05, 4.69) is 86.9 Å². The minimum absolute atomic E-state index is 0.0202. The number of nitrogens with zero attached hydrogens (tertiary/aromatic N) is 1. The van der Waals surface area contributed by atoms with E-state index >= 15 is 0 Å². The van der Waals surface area contributed by atoms with Crippen molar-refractivity contribution >= 4 is 21.8 Å². The van der Waals surface area contributed by atoms with Gasteiger partial charge in [-0.1, -0.05) is 70.2 Å². The van der Waals surface area contributed by atoms with Crippen LogP contribution in [0, 0.1) is 0 Å². The summed E-state index contributed by atoms with van der Waals surface area (Å²) < 4.78 is 2.52. The summed E-state index contributed by atoms with van der Waals surface area (Å²) in [6, 6.07) is 20.5. The normalized spacial score (nSPS) is 18.2. The van der Waals surface area contributed by atoms with Gasteiger partial charge in [0.25, 0.3) is 0 Å². The Bertz CT molecular complexity index is 1230. The van der Waals surface area contributed by atoms with E-state index in [-0.39, 0.29) is 10.8 Å². The average molecular weight is 323 g/mol. The van der Waals surface area contributed by atoms with Gasteiger partial charge in [-0.2, -0.15) is 0 Å². The Morgan fingerprint density at radius 2 is 1.24 bits per heavy atom. The first-order chi connectivity index (χ1) is 11.9. The lowest BCUT2D eigenvalue weighted by molar-refractivity contribution is 0.625. The molecule has 25 heavy (non-hydrogen) atoms. The van der Waals surface area contributed by atoms with Crippen LogP contribution in [0.1, 0.15) is 49.9 Å². The first-order valence-corrected chi connectivity index (χ1v) is 9.15. The van der Waals surface area contributed by atoms with E-state index in [9.17, 15) is 0 Å². The molecule has 6 rings (SSSR count). The summed E-state index contributed by atoms with van der Waals surface area (Å²) in [5, 5.41) is 2.95. The molecule has 0 radical (unpaired) electrons. The molecule has 0 spiro atoms. The van der Waals surface area contributed by atoms with Gasteiger partial charge in [0.05, 0.1) is 16.7 Å². The van der Waals surface area contributed by atoms with Gasteiger partial charge in [0.15, 0.2) is 0 Å². The quantitative estimate of drug-likeness (QED) is 0.370. The molecule has 0 amide bonds. The zero-order valence-corrected chi connectivity index (χ0v) is 15.1. The van der Waals surface area contributed by atoms with Gasteiger partial charge in [-0.05, 0) is 34.4 Å². The van der Waals surface area contributed by atoms with E-state index < -0.39 is 0 Å². The fourth-order valence-electron chi connectivity index (χ4n) is 5.47. The molecule has 1 heteroatoms. The number of rotatable bonds is 0. The zero-order chi connectivity index (χ0) is 17.1. The lowest BCUT2D eigenvalue weighted by Gasteiger charge is -2.36. The van der Waals surface area contributed by atoms with Crippen molar-refractivity contribution in [2.24, 2.45) is 0 Å². The smallest absolute Gasteiger partial charge is 0.0585 e. The molecular weight excluding hydrogens is 302 g/mol. The number of hydrogen-bond donors (Lipinski definition) is 0. The van der Waals surface area contributed by atoms with Crippen molar-refractivity contribution in [1.29, 1.82) is 0 Å². The molecule has 0 saturated heterocycles. The Labute approximate surface area is 147 Å². The van der Waals surface area contributed by atoms with Crippen LogP contribution in [0.4, 0.5) is 0 Å². The summed E-state index contributed by atoms with van der Waals surface area (Å²) in [5.41, 5.74) is 10.0. The Morgan fingerprint density at radius 3 is 2.08 bits per heavy atom. The summed E-state index contributed by atoms with van der Waals surface area (Å²) >= 11 is 0. The van der Waals surface area contributed by atoms with Crippen molar-refractivity contribution in [2.45, 2.75) is 38.5 Å².